The number of ether oxygens (including phenoxy) is 1. The molecule has 1 unspecified atom stereocenters. The quantitative estimate of drug-likeness (QED) is 0.614. The molecule has 0 spiro atoms. The van der Waals surface area contributed by atoms with E-state index in [1.165, 1.54) is 6.92 Å². The van der Waals surface area contributed by atoms with Crippen LogP contribution in [0, 0.1) is 5.92 Å². The third-order valence-electron chi connectivity index (χ3n) is 1.64. The fraction of sp³-hybridized carbons (Fsp3) is 0.889. The molecule has 0 fully saturated rings. The van der Waals surface area contributed by atoms with Gasteiger partial charge < -0.3 is 4.74 Å². The zero-order valence-electron chi connectivity index (χ0n) is 8.19. The highest BCUT2D eigenvalue weighted by atomic mass is 19.1. The van der Waals surface area contributed by atoms with Gasteiger partial charge in [-0.1, -0.05) is 20.8 Å². The highest BCUT2D eigenvalue weighted by Gasteiger charge is 2.32. The Bertz CT molecular complexity index is 153. The van der Waals surface area contributed by atoms with Crippen molar-refractivity contribution in [3.63, 3.8) is 0 Å². The van der Waals surface area contributed by atoms with Gasteiger partial charge in [-0.15, -0.1) is 0 Å². The molecule has 0 aromatic carbocycles. The van der Waals surface area contributed by atoms with E-state index in [4.69, 9.17) is 4.74 Å². The SMILES string of the molecule is CCC(C)(F)C(=O)OCC(C)C. The summed E-state index contributed by atoms with van der Waals surface area (Å²) in [5, 5.41) is 0. The molecule has 2 nitrogen and oxygen atoms in total. The van der Waals surface area contributed by atoms with Crippen LogP contribution in [0.2, 0.25) is 0 Å². The topological polar surface area (TPSA) is 26.3 Å². The lowest BCUT2D eigenvalue weighted by Gasteiger charge is -2.17. The number of hydrogen-bond donors (Lipinski definition) is 0. The van der Waals surface area contributed by atoms with Crippen molar-refractivity contribution < 1.29 is 13.9 Å². The van der Waals surface area contributed by atoms with Crippen LogP contribution in [0.3, 0.4) is 0 Å². The zero-order chi connectivity index (χ0) is 9.78. The second-order valence-electron chi connectivity index (χ2n) is 3.54. The largest absolute Gasteiger partial charge is 0.463 e. The molecule has 0 rings (SSSR count). The lowest BCUT2D eigenvalue weighted by molar-refractivity contribution is -0.158. The Balaban J connectivity index is 3.88. The number of hydrogen-bond acceptors (Lipinski definition) is 2. The molecule has 0 N–H and O–H groups in total. The summed E-state index contributed by atoms with van der Waals surface area (Å²) in [4.78, 5) is 11.0. The summed E-state index contributed by atoms with van der Waals surface area (Å²) >= 11 is 0. The van der Waals surface area contributed by atoms with E-state index < -0.39 is 11.6 Å². The monoisotopic (exact) mass is 176 g/mol. The number of halogens is 1. The van der Waals surface area contributed by atoms with E-state index in [2.05, 4.69) is 0 Å². The molecule has 1 atom stereocenters. The van der Waals surface area contributed by atoms with Gasteiger partial charge in [0.25, 0.3) is 0 Å². The minimum Gasteiger partial charge on any atom is -0.463 e. The second-order valence-corrected chi connectivity index (χ2v) is 3.54. The molecule has 0 aromatic heterocycles. The summed E-state index contributed by atoms with van der Waals surface area (Å²) in [6, 6.07) is 0. The van der Waals surface area contributed by atoms with Crippen LogP contribution in [-0.4, -0.2) is 18.2 Å². The Hall–Kier alpha value is -0.600. The predicted octanol–water partition coefficient (Wildman–Crippen LogP) is 2.32. The first kappa shape index (κ1) is 11.4. The minimum atomic E-state index is -1.82. The van der Waals surface area contributed by atoms with Gasteiger partial charge in [0.1, 0.15) is 0 Å². The molecular formula is C9H17FO2. The second kappa shape index (κ2) is 4.43. The van der Waals surface area contributed by atoms with Gasteiger partial charge in [-0.3, -0.25) is 0 Å². The van der Waals surface area contributed by atoms with Crippen LogP contribution < -0.4 is 0 Å². The number of rotatable bonds is 4. The van der Waals surface area contributed by atoms with Gasteiger partial charge in [0.15, 0.2) is 0 Å². The lowest BCUT2D eigenvalue weighted by atomic mass is 10.1. The minimum absolute atomic E-state index is 0.157. The van der Waals surface area contributed by atoms with E-state index >= 15 is 0 Å². The van der Waals surface area contributed by atoms with Crippen LogP contribution in [0.15, 0.2) is 0 Å². The maximum atomic E-state index is 13.2. The molecule has 0 radical (unpaired) electrons. The number of alkyl halides is 1. The van der Waals surface area contributed by atoms with E-state index in [0.29, 0.717) is 6.61 Å². The van der Waals surface area contributed by atoms with E-state index in [9.17, 15) is 9.18 Å². The molecule has 0 amide bonds. The van der Waals surface area contributed by atoms with Crippen molar-refractivity contribution in [3.8, 4) is 0 Å². The number of carbonyl (C=O) groups is 1. The lowest BCUT2D eigenvalue weighted by Crippen LogP contribution is -2.32. The van der Waals surface area contributed by atoms with Gasteiger partial charge in [-0.25, -0.2) is 9.18 Å². The molecular weight excluding hydrogens is 159 g/mol. The van der Waals surface area contributed by atoms with Crippen LogP contribution in [-0.2, 0) is 9.53 Å². The molecule has 72 valence electrons. The Morgan fingerprint density at radius 2 is 2.08 bits per heavy atom. The van der Waals surface area contributed by atoms with Crippen molar-refractivity contribution in [2.45, 2.75) is 39.8 Å². The first-order valence-electron chi connectivity index (χ1n) is 4.26. The van der Waals surface area contributed by atoms with E-state index in [1.54, 1.807) is 6.92 Å². The summed E-state index contributed by atoms with van der Waals surface area (Å²) in [5.41, 5.74) is -1.82. The van der Waals surface area contributed by atoms with Crippen LogP contribution in [0.1, 0.15) is 34.1 Å². The molecule has 0 saturated heterocycles. The average Bonchev–Trinajstić information content (AvgIpc) is 2.00. The van der Waals surface area contributed by atoms with Crippen molar-refractivity contribution in [3.05, 3.63) is 0 Å². The van der Waals surface area contributed by atoms with Gasteiger partial charge in [0, 0.05) is 0 Å². The Labute approximate surface area is 73.1 Å². The Kier molecular flexibility index (Phi) is 4.21. The van der Waals surface area contributed by atoms with Crippen molar-refractivity contribution in [1.29, 1.82) is 0 Å². The molecule has 0 heterocycles. The average molecular weight is 176 g/mol. The summed E-state index contributed by atoms with van der Waals surface area (Å²) < 4.78 is 17.9. The van der Waals surface area contributed by atoms with Crippen LogP contribution in [0.4, 0.5) is 4.39 Å². The molecule has 3 heteroatoms. The molecule has 0 aliphatic carbocycles. The zero-order valence-corrected chi connectivity index (χ0v) is 8.19. The van der Waals surface area contributed by atoms with E-state index in [-0.39, 0.29) is 12.3 Å². The van der Waals surface area contributed by atoms with Crippen LogP contribution in [0.5, 0.6) is 0 Å². The summed E-state index contributed by atoms with van der Waals surface area (Å²) in [7, 11) is 0. The molecule has 0 aliphatic heterocycles. The summed E-state index contributed by atoms with van der Waals surface area (Å²) in [6.07, 6.45) is 0.157. The maximum absolute atomic E-state index is 13.2. The first-order chi connectivity index (χ1) is 5.40. The summed E-state index contributed by atoms with van der Waals surface area (Å²) in [5.74, 6) is -0.500. The van der Waals surface area contributed by atoms with Gasteiger partial charge in [0.2, 0.25) is 5.67 Å². The highest BCUT2D eigenvalue weighted by Crippen LogP contribution is 2.16. The Morgan fingerprint density at radius 3 is 2.42 bits per heavy atom. The van der Waals surface area contributed by atoms with Gasteiger partial charge in [-0.2, -0.15) is 0 Å². The van der Waals surface area contributed by atoms with Crippen molar-refractivity contribution in [2.24, 2.45) is 5.92 Å². The number of esters is 1. The molecule has 0 saturated carbocycles. The van der Waals surface area contributed by atoms with Gasteiger partial charge in [-0.05, 0) is 19.3 Å². The third kappa shape index (κ3) is 3.69. The fourth-order valence-electron chi connectivity index (χ4n) is 0.537. The van der Waals surface area contributed by atoms with E-state index in [1.807, 2.05) is 13.8 Å². The normalized spacial score (nSPS) is 15.8. The maximum Gasteiger partial charge on any atom is 0.343 e. The standard InChI is InChI=1S/C9H17FO2/c1-5-9(4,10)8(11)12-6-7(2)3/h7H,5-6H2,1-4H3. The molecule has 0 aliphatic rings. The summed E-state index contributed by atoms with van der Waals surface area (Å²) in [6.45, 7) is 6.98. The van der Waals surface area contributed by atoms with Crippen molar-refractivity contribution in [1.82, 2.24) is 0 Å². The first-order valence-corrected chi connectivity index (χ1v) is 4.26. The smallest absolute Gasteiger partial charge is 0.343 e. The van der Waals surface area contributed by atoms with Crippen LogP contribution in [0.25, 0.3) is 0 Å². The third-order valence-corrected chi connectivity index (χ3v) is 1.64. The van der Waals surface area contributed by atoms with E-state index in [0.717, 1.165) is 0 Å². The van der Waals surface area contributed by atoms with Crippen molar-refractivity contribution >= 4 is 5.97 Å². The van der Waals surface area contributed by atoms with Crippen LogP contribution >= 0.6 is 0 Å². The van der Waals surface area contributed by atoms with Gasteiger partial charge >= 0.3 is 5.97 Å². The van der Waals surface area contributed by atoms with Crippen molar-refractivity contribution in [2.75, 3.05) is 6.61 Å². The highest BCUT2D eigenvalue weighted by molar-refractivity contribution is 5.78. The Morgan fingerprint density at radius 1 is 1.58 bits per heavy atom. The predicted molar refractivity (Wildman–Crippen MR) is 45.6 cm³/mol. The molecule has 0 aromatic rings. The molecule has 0 bridgehead atoms. The number of carbonyl (C=O) groups excluding carboxylic acids is 1. The fourth-order valence-corrected chi connectivity index (χ4v) is 0.537. The van der Waals surface area contributed by atoms with Gasteiger partial charge in [0.05, 0.1) is 6.61 Å². The molecule has 12 heavy (non-hydrogen) atoms.